The highest BCUT2D eigenvalue weighted by atomic mass is 16.5. The Morgan fingerprint density at radius 1 is 1.13 bits per heavy atom. The molecule has 3 aromatic rings. The van der Waals surface area contributed by atoms with Crippen molar-refractivity contribution in [3.05, 3.63) is 78.1 Å². The quantitative estimate of drug-likeness (QED) is 0.659. The zero-order valence-corrected chi connectivity index (χ0v) is 17.4. The van der Waals surface area contributed by atoms with Crippen LogP contribution in [-0.2, 0) is 4.79 Å². The lowest BCUT2D eigenvalue weighted by molar-refractivity contribution is -0.125. The number of pyridine rings is 1. The number of nitrogens with one attached hydrogen (secondary N) is 1. The van der Waals surface area contributed by atoms with Gasteiger partial charge >= 0.3 is 0 Å². The molecule has 1 aliphatic rings. The van der Waals surface area contributed by atoms with Gasteiger partial charge in [0.25, 0.3) is 11.8 Å². The standard InChI is InChI=1S/C24H23N3O4/c1-16-3-6-20(7-4-16)30-14-13-27-21-15-19(5-8-22(21)31-17(2)24(27)29)26-23(28)18-9-11-25-12-10-18/h3-12,15,17H,13-14H2,1-2H3,(H,26,28). The lowest BCUT2D eigenvalue weighted by Crippen LogP contribution is -2.46. The maximum Gasteiger partial charge on any atom is 0.267 e. The van der Waals surface area contributed by atoms with Crippen molar-refractivity contribution in [3.8, 4) is 11.5 Å². The summed E-state index contributed by atoms with van der Waals surface area (Å²) in [6.45, 7) is 4.42. The average Bonchev–Trinajstić information content (AvgIpc) is 2.78. The van der Waals surface area contributed by atoms with Gasteiger partial charge in [0.15, 0.2) is 6.10 Å². The third-order valence-electron chi connectivity index (χ3n) is 4.97. The van der Waals surface area contributed by atoms with E-state index in [1.54, 1.807) is 54.5 Å². The predicted octanol–water partition coefficient (Wildman–Crippen LogP) is 3.84. The van der Waals surface area contributed by atoms with Crippen LogP contribution in [0.4, 0.5) is 11.4 Å². The van der Waals surface area contributed by atoms with Crippen molar-refractivity contribution >= 4 is 23.2 Å². The summed E-state index contributed by atoms with van der Waals surface area (Å²) in [6.07, 6.45) is 2.53. The molecule has 0 saturated heterocycles. The molecule has 31 heavy (non-hydrogen) atoms. The largest absolute Gasteiger partial charge is 0.492 e. The van der Waals surface area contributed by atoms with Gasteiger partial charge in [-0.05, 0) is 56.3 Å². The molecular weight excluding hydrogens is 394 g/mol. The van der Waals surface area contributed by atoms with Gasteiger partial charge in [0, 0.05) is 23.6 Å². The van der Waals surface area contributed by atoms with Crippen molar-refractivity contribution in [1.29, 1.82) is 0 Å². The van der Waals surface area contributed by atoms with Crippen LogP contribution in [0.1, 0.15) is 22.8 Å². The van der Waals surface area contributed by atoms with Crippen molar-refractivity contribution in [2.45, 2.75) is 20.0 Å². The number of nitrogens with zero attached hydrogens (tertiary/aromatic N) is 2. The van der Waals surface area contributed by atoms with Gasteiger partial charge < -0.3 is 19.7 Å². The van der Waals surface area contributed by atoms with E-state index < -0.39 is 6.10 Å². The van der Waals surface area contributed by atoms with Crippen molar-refractivity contribution in [1.82, 2.24) is 4.98 Å². The Labute approximate surface area is 180 Å². The Morgan fingerprint density at radius 2 is 1.87 bits per heavy atom. The lowest BCUT2D eigenvalue weighted by Gasteiger charge is -2.33. The fraction of sp³-hybridized carbons (Fsp3) is 0.208. The molecule has 0 spiro atoms. The smallest absolute Gasteiger partial charge is 0.267 e. The molecule has 0 fully saturated rings. The maximum atomic E-state index is 12.8. The Morgan fingerprint density at radius 3 is 2.61 bits per heavy atom. The Balaban J connectivity index is 1.50. The number of carbonyl (C=O) groups is 2. The predicted molar refractivity (Wildman–Crippen MR) is 118 cm³/mol. The SMILES string of the molecule is Cc1ccc(OCCN2C(=O)C(C)Oc3ccc(NC(=O)c4ccncc4)cc32)cc1. The highest BCUT2D eigenvalue weighted by molar-refractivity contribution is 6.05. The maximum absolute atomic E-state index is 12.8. The van der Waals surface area contributed by atoms with Crippen LogP contribution < -0.4 is 19.7 Å². The summed E-state index contributed by atoms with van der Waals surface area (Å²) in [5.41, 5.74) is 2.82. The van der Waals surface area contributed by atoms with E-state index in [0.717, 1.165) is 11.3 Å². The highest BCUT2D eigenvalue weighted by Crippen LogP contribution is 2.36. The lowest BCUT2D eigenvalue weighted by atomic mass is 10.1. The van der Waals surface area contributed by atoms with E-state index in [9.17, 15) is 9.59 Å². The molecule has 7 nitrogen and oxygen atoms in total. The Hall–Kier alpha value is -3.87. The number of carbonyl (C=O) groups excluding carboxylic acids is 2. The second kappa shape index (κ2) is 8.87. The van der Waals surface area contributed by atoms with Crippen molar-refractivity contribution in [2.24, 2.45) is 0 Å². The van der Waals surface area contributed by atoms with Crippen LogP contribution >= 0.6 is 0 Å². The molecule has 1 N–H and O–H groups in total. The topological polar surface area (TPSA) is 80.8 Å². The van der Waals surface area contributed by atoms with Gasteiger partial charge in [0.05, 0.1) is 12.2 Å². The third kappa shape index (κ3) is 4.66. The molecule has 158 valence electrons. The number of amides is 2. The van der Waals surface area contributed by atoms with E-state index in [4.69, 9.17) is 9.47 Å². The first kappa shape index (κ1) is 20.4. The number of aryl methyl sites for hydroxylation is 1. The summed E-state index contributed by atoms with van der Waals surface area (Å²) < 4.78 is 11.5. The van der Waals surface area contributed by atoms with Gasteiger partial charge in [-0.25, -0.2) is 0 Å². The number of aromatic nitrogens is 1. The molecule has 1 aliphatic heterocycles. The number of benzene rings is 2. The van der Waals surface area contributed by atoms with Gasteiger partial charge in [-0.3, -0.25) is 14.6 Å². The molecule has 0 radical (unpaired) electrons. The van der Waals surface area contributed by atoms with E-state index in [0.29, 0.717) is 35.8 Å². The molecule has 4 rings (SSSR count). The van der Waals surface area contributed by atoms with Crippen molar-refractivity contribution < 1.29 is 19.1 Å². The summed E-state index contributed by atoms with van der Waals surface area (Å²) >= 11 is 0. The van der Waals surface area contributed by atoms with E-state index in [-0.39, 0.29) is 11.8 Å². The number of hydrogen-bond acceptors (Lipinski definition) is 5. The minimum atomic E-state index is -0.593. The number of hydrogen-bond donors (Lipinski definition) is 1. The van der Waals surface area contributed by atoms with Crippen LogP contribution in [0.25, 0.3) is 0 Å². The first-order valence-corrected chi connectivity index (χ1v) is 10.0. The minimum Gasteiger partial charge on any atom is -0.492 e. The summed E-state index contributed by atoms with van der Waals surface area (Å²) in [6, 6.07) is 16.3. The van der Waals surface area contributed by atoms with Crippen LogP contribution in [0.15, 0.2) is 67.0 Å². The molecule has 2 aromatic carbocycles. The van der Waals surface area contributed by atoms with Crippen molar-refractivity contribution in [3.63, 3.8) is 0 Å². The molecule has 0 aliphatic carbocycles. The Kier molecular flexibility index (Phi) is 5.84. The van der Waals surface area contributed by atoms with Gasteiger partial charge in [-0.1, -0.05) is 17.7 Å². The van der Waals surface area contributed by atoms with E-state index in [1.165, 1.54) is 0 Å². The molecule has 1 aromatic heterocycles. The Bertz CT molecular complexity index is 1080. The molecule has 7 heteroatoms. The second-order valence-corrected chi connectivity index (χ2v) is 7.28. The first-order valence-electron chi connectivity index (χ1n) is 10.0. The summed E-state index contributed by atoms with van der Waals surface area (Å²) in [5.74, 6) is 0.924. The normalized spacial score (nSPS) is 15.1. The summed E-state index contributed by atoms with van der Waals surface area (Å²) in [7, 11) is 0. The molecule has 2 heterocycles. The molecule has 0 bridgehead atoms. The monoisotopic (exact) mass is 417 g/mol. The molecular formula is C24H23N3O4. The number of rotatable bonds is 6. The third-order valence-corrected chi connectivity index (χ3v) is 4.97. The van der Waals surface area contributed by atoms with E-state index >= 15 is 0 Å². The van der Waals surface area contributed by atoms with Crippen LogP contribution in [-0.4, -0.2) is 36.1 Å². The molecule has 1 atom stereocenters. The van der Waals surface area contributed by atoms with Gasteiger partial charge in [0.2, 0.25) is 0 Å². The number of ether oxygens (including phenoxy) is 2. The van der Waals surface area contributed by atoms with Crippen molar-refractivity contribution in [2.75, 3.05) is 23.4 Å². The van der Waals surface area contributed by atoms with Crippen LogP contribution in [0, 0.1) is 6.92 Å². The van der Waals surface area contributed by atoms with Gasteiger partial charge in [-0.15, -0.1) is 0 Å². The van der Waals surface area contributed by atoms with Crippen LogP contribution in [0.5, 0.6) is 11.5 Å². The zero-order valence-electron chi connectivity index (χ0n) is 17.4. The van der Waals surface area contributed by atoms with Gasteiger partial charge in [-0.2, -0.15) is 0 Å². The van der Waals surface area contributed by atoms with Crippen LogP contribution in [0.2, 0.25) is 0 Å². The second-order valence-electron chi connectivity index (χ2n) is 7.28. The molecule has 2 amide bonds. The van der Waals surface area contributed by atoms with Crippen LogP contribution in [0.3, 0.4) is 0 Å². The molecule has 1 unspecified atom stereocenters. The number of anilines is 2. The summed E-state index contributed by atoms with van der Waals surface area (Å²) in [5, 5.41) is 2.85. The number of fused-ring (bicyclic) bond motifs is 1. The summed E-state index contributed by atoms with van der Waals surface area (Å²) in [4.78, 5) is 30.8. The molecule has 0 saturated carbocycles. The van der Waals surface area contributed by atoms with E-state index in [1.807, 2.05) is 31.2 Å². The van der Waals surface area contributed by atoms with E-state index in [2.05, 4.69) is 10.3 Å². The fourth-order valence-corrected chi connectivity index (χ4v) is 3.31. The highest BCUT2D eigenvalue weighted by Gasteiger charge is 2.31. The minimum absolute atomic E-state index is 0.155. The first-order chi connectivity index (χ1) is 15.0. The zero-order chi connectivity index (χ0) is 21.8. The van der Waals surface area contributed by atoms with Gasteiger partial charge in [0.1, 0.15) is 18.1 Å². The average molecular weight is 417 g/mol. The fourth-order valence-electron chi connectivity index (χ4n) is 3.31.